The van der Waals surface area contributed by atoms with E-state index in [4.69, 9.17) is 14.2 Å². The third-order valence-corrected chi connectivity index (χ3v) is 6.43. The second-order valence-electron chi connectivity index (χ2n) is 10.6. The summed E-state index contributed by atoms with van der Waals surface area (Å²) >= 11 is 0. The van der Waals surface area contributed by atoms with Gasteiger partial charge in [0.1, 0.15) is 0 Å². The summed E-state index contributed by atoms with van der Waals surface area (Å²) in [5, 5.41) is 0. The Hall–Kier alpha value is -0.670. The first-order valence-corrected chi connectivity index (χ1v) is 13.7. The van der Waals surface area contributed by atoms with Crippen LogP contribution in [0.25, 0.3) is 0 Å². The molecule has 162 valence electrons. The Bertz CT molecular complexity index is 488. The van der Waals surface area contributed by atoms with E-state index >= 15 is 0 Å². The molecule has 1 unspecified atom stereocenters. The van der Waals surface area contributed by atoms with Crippen molar-refractivity contribution < 1.29 is 23.8 Å². The second-order valence-corrected chi connectivity index (χ2v) is 16.2. The second kappa shape index (κ2) is 10.2. The normalized spacial score (nSPS) is 15.8. The Morgan fingerprint density at radius 2 is 1.41 bits per heavy atom. The number of hydrogen-bond donors (Lipinski definition) is 0. The van der Waals surface area contributed by atoms with Crippen molar-refractivity contribution in [2.45, 2.75) is 66.9 Å². The van der Waals surface area contributed by atoms with Gasteiger partial charge in [0.15, 0.2) is 0 Å². The summed E-state index contributed by atoms with van der Waals surface area (Å²) < 4.78 is 16.9. The number of esters is 2. The summed E-state index contributed by atoms with van der Waals surface area (Å²) in [4.78, 5) is 25.1. The topological polar surface area (TPSA) is 61.8 Å². The molecule has 0 N–H and O–H groups in total. The van der Waals surface area contributed by atoms with Crippen LogP contribution in [0, 0.1) is 10.8 Å². The van der Waals surface area contributed by atoms with Crippen molar-refractivity contribution in [2.24, 2.45) is 10.8 Å². The monoisotopic (exact) mass is 406 g/mol. The zero-order valence-corrected chi connectivity index (χ0v) is 20.3. The van der Waals surface area contributed by atoms with Crippen molar-refractivity contribution in [3.8, 4) is 0 Å². The summed E-state index contributed by atoms with van der Waals surface area (Å²) in [6.07, 6.45) is 2.64. The fourth-order valence-electron chi connectivity index (χ4n) is 2.04. The molecule has 0 bridgehead atoms. The van der Waals surface area contributed by atoms with E-state index in [-0.39, 0.29) is 25.2 Å². The van der Waals surface area contributed by atoms with Crippen molar-refractivity contribution in [1.29, 1.82) is 0 Å². The molecule has 0 rings (SSSR count). The van der Waals surface area contributed by atoms with Gasteiger partial charge in [-0.05, 0) is 0 Å². The zero-order valence-electron chi connectivity index (χ0n) is 19.3. The van der Waals surface area contributed by atoms with Crippen LogP contribution in [0.15, 0.2) is 0 Å². The van der Waals surface area contributed by atoms with Gasteiger partial charge < -0.3 is 0 Å². The molecule has 0 aliphatic rings. The van der Waals surface area contributed by atoms with Gasteiger partial charge in [-0.2, -0.15) is 0 Å². The van der Waals surface area contributed by atoms with Crippen LogP contribution in [0.3, 0.4) is 0 Å². The predicted octanol–water partition coefficient (Wildman–Crippen LogP) is 4.36. The average Bonchev–Trinajstić information content (AvgIpc) is 2.52. The molecule has 0 saturated heterocycles. The summed E-state index contributed by atoms with van der Waals surface area (Å²) in [6.45, 7) is 20.5. The van der Waals surface area contributed by atoms with Crippen molar-refractivity contribution in [3.63, 3.8) is 0 Å². The summed E-state index contributed by atoms with van der Waals surface area (Å²) in [5.74, 6) is -0.678. The summed E-state index contributed by atoms with van der Waals surface area (Å²) in [7, 11) is -1.16. The molecule has 0 fully saturated rings. The maximum atomic E-state index is 12.8. The van der Waals surface area contributed by atoms with E-state index in [0.717, 1.165) is 12.6 Å². The van der Waals surface area contributed by atoms with Gasteiger partial charge in [-0.1, -0.05) is 0 Å². The van der Waals surface area contributed by atoms with Crippen LogP contribution in [0.4, 0.5) is 0 Å². The third-order valence-electron chi connectivity index (χ3n) is 4.58. The first kappa shape index (κ1) is 26.3. The van der Waals surface area contributed by atoms with Gasteiger partial charge in [0.25, 0.3) is 0 Å². The van der Waals surface area contributed by atoms with Crippen LogP contribution in [0.2, 0.25) is 0 Å². The van der Waals surface area contributed by atoms with Crippen LogP contribution >= 0.6 is 7.26 Å². The molecule has 0 heterocycles. The molecule has 0 saturated carbocycles. The number of rotatable bonds is 11. The van der Waals surface area contributed by atoms with Gasteiger partial charge in [0.05, 0.1) is 0 Å². The van der Waals surface area contributed by atoms with E-state index in [2.05, 4.69) is 20.0 Å². The van der Waals surface area contributed by atoms with E-state index < -0.39 is 23.7 Å². The van der Waals surface area contributed by atoms with Crippen LogP contribution in [0.5, 0.6) is 0 Å². The Balaban J connectivity index is 4.97. The van der Waals surface area contributed by atoms with Gasteiger partial charge >= 0.3 is 167 Å². The Morgan fingerprint density at radius 1 is 0.852 bits per heavy atom. The first-order chi connectivity index (χ1) is 12.0. The first-order valence-electron chi connectivity index (χ1n) is 10.0. The standard InChI is InChI=1S/C21H43O5P/c1-11-20(5,6)17(22)25-15-21(7,16-26-19(2,3)4)18(23)24-13-12-14-27(8,9)10/h27H,11-16H2,1-10H3. The van der Waals surface area contributed by atoms with E-state index in [9.17, 15) is 9.59 Å². The van der Waals surface area contributed by atoms with Crippen LogP contribution in [0.1, 0.15) is 61.3 Å². The minimum atomic E-state index is -1.16. The molecule has 5 nitrogen and oxygen atoms in total. The van der Waals surface area contributed by atoms with Crippen molar-refractivity contribution in [2.75, 3.05) is 46.0 Å². The Labute approximate surface area is 167 Å². The predicted molar refractivity (Wildman–Crippen MR) is 115 cm³/mol. The molecule has 0 aromatic carbocycles. The number of carbonyl (C=O) groups is 2. The minimum absolute atomic E-state index is 0.0435. The molecule has 0 radical (unpaired) electrons. The third kappa shape index (κ3) is 11.0. The fraction of sp³-hybridized carbons (Fsp3) is 0.905. The van der Waals surface area contributed by atoms with Gasteiger partial charge in [-0.3, -0.25) is 0 Å². The van der Waals surface area contributed by atoms with Crippen molar-refractivity contribution >= 4 is 19.2 Å². The quantitative estimate of drug-likeness (QED) is 0.290. The molecular formula is C21H43O5P. The van der Waals surface area contributed by atoms with Gasteiger partial charge in [0.2, 0.25) is 0 Å². The molecule has 0 aliphatic carbocycles. The molecule has 0 aromatic heterocycles. The Kier molecular flexibility index (Phi) is 9.95. The fourth-order valence-corrected chi connectivity index (χ4v) is 3.25. The molecule has 0 spiro atoms. The van der Waals surface area contributed by atoms with Gasteiger partial charge in [-0.25, -0.2) is 0 Å². The summed E-state index contributed by atoms with van der Waals surface area (Å²) in [5.41, 5.74) is -2.00. The maximum absolute atomic E-state index is 12.8. The summed E-state index contributed by atoms with van der Waals surface area (Å²) in [6, 6.07) is 0. The van der Waals surface area contributed by atoms with Gasteiger partial charge in [0, 0.05) is 0 Å². The van der Waals surface area contributed by atoms with Crippen LogP contribution < -0.4 is 0 Å². The average molecular weight is 407 g/mol. The molecule has 0 aliphatic heterocycles. The van der Waals surface area contributed by atoms with E-state index in [1.165, 1.54) is 0 Å². The van der Waals surface area contributed by atoms with Crippen molar-refractivity contribution in [3.05, 3.63) is 0 Å². The van der Waals surface area contributed by atoms with Crippen LogP contribution in [-0.2, 0) is 23.8 Å². The van der Waals surface area contributed by atoms with Gasteiger partial charge in [-0.15, -0.1) is 0 Å². The molecular weight excluding hydrogens is 363 g/mol. The van der Waals surface area contributed by atoms with Crippen molar-refractivity contribution in [1.82, 2.24) is 0 Å². The molecule has 6 heteroatoms. The molecule has 0 amide bonds. The molecule has 0 aromatic rings. The number of hydrogen-bond acceptors (Lipinski definition) is 5. The SMILES string of the molecule is CCC(C)(C)C(=O)OCC(C)(COC(C)(C)C)C(=O)OCCC[PH](C)(C)C. The molecule has 27 heavy (non-hydrogen) atoms. The zero-order chi connectivity index (χ0) is 21.5. The van der Waals surface area contributed by atoms with E-state index in [1.807, 2.05) is 41.5 Å². The number of ether oxygens (including phenoxy) is 3. The molecule has 1 atom stereocenters. The van der Waals surface area contributed by atoms with E-state index in [1.54, 1.807) is 6.92 Å². The Morgan fingerprint density at radius 3 is 1.85 bits per heavy atom. The number of carbonyl (C=O) groups excluding carboxylic acids is 2. The van der Waals surface area contributed by atoms with Crippen LogP contribution in [-0.4, -0.2) is 63.5 Å². The van der Waals surface area contributed by atoms with E-state index in [0.29, 0.717) is 13.0 Å².